The summed E-state index contributed by atoms with van der Waals surface area (Å²) in [4.78, 5) is 2.38. The summed E-state index contributed by atoms with van der Waals surface area (Å²) in [5.74, 6) is 0. The maximum absolute atomic E-state index is 4.19. The molecule has 0 atom stereocenters. The molecule has 0 amide bonds. The zero-order valence-electron chi connectivity index (χ0n) is 13.6. The molecule has 1 N–H and O–H groups in total. The van der Waals surface area contributed by atoms with Gasteiger partial charge in [0.25, 0.3) is 0 Å². The van der Waals surface area contributed by atoms with Crippen LogP contribution in [0.3, 0.4) is 0 Å². The third-order valence-corrected chi connectivity index (χ3v) is 3.17. The van der Waals surface area contributed by atoms with Crippen molar-refractivity contribution in [2.45, 2.75) is 59.3 Å². The Morgan fingerprint density at radius 3 is 2.70 bits per heavy atom. The van der Waals surface area contributed by atoms with Gasteiger partial charge in [-0.15, -0.1) is 11.7 Å². The van der Waals surface area contributed by atoms with Crippen LogP contribution in [0.2, 0.25) is 0 Å². The third-order valence-electron chi connectivity index (χ3n) is 3.17. The van der Waals surface area contributed by atoms with E-state index in [0.29, 0.717) is 6.04 Å². The number of nitrogens with one attached hydrogen (secondary N) is 1. The molecule has 0 aliphatic rings. The Bertz CT molecular complexity index is 403. The van der Waals surface area contributed by atoms with E-state index in [1.54, 1.807) is 0 Å². The van der Waals surface area contributed by atoms with Crippen molar-refractivity contribution in [2.24, 2.45) is 0 Å². The van der Waals surface area contributed by atoms with Crippen LogP contribution < -0.4 is 5.32 Å². The molecule has 5 nitrogen and oxygen atoms in total. The molecule has 0 radical (unpaired) electrons. The van der Waals surface area contributed by atoms with Crippen molar-refractivity contribution in [3.8, 4) is 0 Å². The molecule has 0 aliphatic carbocycles. The highest BCUT2D eigenvalue weighted by Crippen LogP contribution is 2.12. The number of hydrogen-bond donors (Lipinski definition) is 1. The highest BCUT2D eigenvalue weighted by molar-refractivity contribution is 4.92. The van der Waals surface area contributed by atoms with Gasteiger partial charge in [-0.2, -0.15) is 0 Å². The summed E-state index contributed by atoms with van der Waals surface area (Å²) in [6, 6.07) is 0.462. The number of hydrogen-bond acceptors (Lipinski definition) is 4. The van der Waals surface area contributed by atoms with Gasteiger partial charge in [0.1, 0.15) is 0 Å². The van der Waals surface area contributed by atoms with E-state index in [-0.39, 0.29) is 5.54 Å². The minimum Gasteiger partial charge on any atom is -0.309 e. The van der Waals surface area contributed by atoms with E-state index in [9.17, 15) is 0 Å². The first-order valence-corrected chi connectivity index (χ1v) is 7.31. The standard InChI is InChI=1S/C15H29N5/c1-7-8-19(15(4,5)6)9-10-20-12-14(17-18-20)11-16-13(2)3/h7,12-13,16H,1,8-11H2,2-6H3. The fourth-order valence-corrected chi connectivity index (χ4v) is 1.92. The summed E-state index contributed by atoms with van der Waals surface area (Å²) in [6.07, 6.45) is 3.97. The lowest BCUT2D eigenvalue weighted by atomic mass is 10.1. The molecule has 0 saturated carbocycles. The van der Waals surface area contributed by atoms with Crippen LogP contribution in [0.5, 0.6) is 0 Å². The number of rotatable bonds is 8. The molecule has 1 rings (SSSR count). The van der Waals surface area contributed by atoms with Gasteiger partial charge in [-0.3, -0.25) is 9.58 Å². The van der Waals surface area contributed by atoms with Crippen molar-refractivity contribution in [3.63, 3.8) is 0 Å². The highest BCUT2D eigenvalue weighted by Gasteiger charge is 2.19. The lowest BCUT2D eigenvalue weighted by Gasteiger charge is -2.34. The molecule has 0 saturated heterocycles. The second kappa shape index (κ2) is 7.55. The van der Waals surface area contributed by atoms with E-state index in [1.807, 2.05) is 17.0 Å². The third kappa shape index (κ3) is 5.84. The molecule has 1 heterocycles. The predicted molar refractivity (Wildman–Crippen MR) is 83.5 cm³/mol. The second-order valence-corrected chi connectivity index (χ2v) is 6.41. The molecular weight excluding hydrogens is 250 g/mol. The average molecular weight is 279 g/mol. The monoisotopic (exact) mass is 279 g/mol. The molecule has 0 unspecified atom stereocenters. The van der Waals surface area contributed by atoms with Gasteiger partial charge >= 0.3 is 0 Å². The Labute approximate surface area is 123 Å². The van der Waals surface area contributed by atoms with Crippen LogP contribution in [0.25, 0.3) is 0 Å². The molecule has 0 bridgehead atoms. The molecule has 1 aromatic rings. The first-order valence-electron chi connectivity index (χ1n) is 7.31. The highest BCUT2D eigenvalue weighted by atomic mass is 15.4. The first-order chi connectivity index (χ1) is 9.32. The molecule has 1 aromatic heterocycles. The maximum Gasteiger partial charge on any atom is 0.0964 e. The van der Waals surface area contributed by atoms with Crippen LogP contribution >= 0.6 is 0 Å². The van der Waals surface area contributed by atoms with Crippen LogP contribution in [-0.4, -0.2) is 44.6 Å². The number of aromatic nitrogens is 3. The topological polar surface area (TPSA) is 46.0 Å². The van der Waals surface area contributed by atoms with E-state index >= 15 is 0 Å². The minimum absolute atomic E-state index is 0.136. The van der Waals surface area contributed by atoms with E-state index in [1.165, 1.54) is 0 Å². The molecule has 0 aliphatic heterocycles. The Morgan fingerprint density at radius 1 is 1.45 bits per heavy atom. The van der Waals surface area contributed by atoms with Gasteiger partial charge < -0.3 is 5.32 Å². The summed E-state index contributed by atoms with van der Waals surface area (Å²) in [5.41, 5.74) is 1.13. The normalized spacial score (nSPS) is 12.3. The van der Waals surface area contributed by atoms with Crippen LogP contribution in [-0.2, 0) is 13.1 Å². The molecule has 0 aromatic carbocycles. The lowest BCUT2D eigenvalue weighted by molar-refractivity contribution is 0.146. The second-order valence-electron chi connectivity index (χ2n) is 6.41. The van der Waals surface area contributed by atoms with Gasteiger partial charge in [0.05, 0.1) is 12.2 Å². The molecule has 114 valence electrons. The van der Waals surface area contributed by atoms with Gasteiger partial charge in [-0.05, 0) is 20.8 Å². The Kier molecular flexibility index (Phi) is 6.36. The summed E-state index contributed by atoms with van der Waals surface area (Å²) < 4.78 is 1.92. The Balaban J connectivity index is 2.50. The molecular formula is C15H29N5. The first kappa shape index (κ1) is 16.9. The van der Waals surface area contributed by atoms with Crippen molar-refractivity contribution in [1.82, 2.24) is 25.2 Å². The molecule has 0 fully saturated rings. The van der Waals surface area contributed by atoms with Crippen molar-refractivity contribution in [3.05, 3.63) is 24.5 Å². The quantitative estimate of drug-likeness (QED) is 0.740. The fourth-order valence-electron chi connectivity index (χ4n) is 1.92. The summed E-state index contributed by atoms with van der Waals surface area (Å²) in [5, 5.41) is 11.7. The van der Waals surface area contributed by atoms with Crippen LogP contribution in [0.1, 0.15) is 40.3 Å². The van der Waals surface area contributed by atoms with Crippen LogP contribution in [0.4, 0.5) is 0 Å². The van der Waals surface area contributed by atoms with Crippen molar-refractivity contribution in [2.75, 3.05) is 13.1 Å². The fraction of sp³-hybridized carbons (Fsp3) is 0.733. The van der Waals surface area contributed by atoms with Crippen molar-refractivity contribution >= 4 is 0 Å². The van der Waals surface area contributed by atoms with Gasteiger partial charge in [0, 0.05) is 37.4 Å². The number of nitrogens with zero attached hydrogens (tertiary/aromatic N) is 4. The summed E-state index contributed by atoms with van der Waals surface area (Å²) >= 11 is 0. The van der Waals surface area contributed by atoms with Gasteiger partial charge in [-0.25, -0.2) is 0 Å². The summed E-state index contributed by atoms with van der Waals surface area (Å²) in [7, 11) is 0. The van der Waals surface area contributed by atoms with Crippen LogP contribution in [0.15, 0.2) is 18.9 Å². The zero-order chi connectivity index (χ0) is 15.2. The van der Waals surface area contributed by atoms with E-state index in [4.69, 9.17) is 0 Å². The van der Waals surface area contributed by atoms with E-state index in [2.05, 4.69) is 61.7 Å². The molecule has 0 spiro atoms. The van der Waals surface area contributed by atoms with Crippen molar-refractivity contribution in [1.29, 1.82) is 0 Å². The van der Waals surface area contributed by atoms with E-state index in [0.717, 1.165) is 31.9 Å². The van der Waals surface area contributed by atoms with Gasteiger partial charge in [0.15, 0.2) is 0 Å². The minimum atomic E-state index is 0.136. The maximum atomic E-state index is 4.19. The SMILES string of the molecule is C=CCN(CCn1cc(CNC(C)C)nn1)C(C)(C)C. The molecule has 20 heavy (non-hydrogen) atoms. The lowest BCUT2D eigenvalue weighted by Crippen LogP contribution is -2.43. The Hall–Kier alpha value is -1.20. The smallest absolute Gasteiger partial charge is 0.0964 e. The Morgan fingerprint density at radius 2 is 2.15 bits per heavy atom. The largest absolute Gasteiger partial charge is 0.309 e. The van der Waals surface area contributed by atoms with Crippen LogP contribution in [0, 0.1) is 0 Å². The van der Waals surface area contributed by atoms with Crippen molar-refractivity contribution < 1.29 is 0 Å². The average Bonchev–Trinajstić information content (AvgIpc) is 2.78. The van der Waals surface area contributed by atoms with Gasteiger partial charge in [-0.1, -0.05) is 25.1 Å². The zero-order valence-corrected chi connectivity index (χ0v) is 13.6. The van der Waals surface area contributed by atoms with E-state index < -0.39 is 0 Å². The predicted octanol–water partition coefficient (Wildman–Crippen LogP) is 2.06. The molecule has 5 heteroatoms. The van der Waals surface area contributed by atoms with Gasteiger partial charge in [0.2, 0.25) is 0 Å². The summed E-state index contributed by atoms with van der Waals surface area (Å²) in [6.45, 7) is 18.2.